The maximum absolute atomic E-state index is 12.4. The molecular formula is C25H42N4O4Si. The summed E-state index contributed by atoms with van der Waals surface area (Å²) in [4.78, 5) is 18.7. The highest BCUT2D eigenvalue weighted by Crippen LogP contribution is 2.43. The summed E-state index contributed by atoms with van der Waals surface area (Å²) in [5.74, 6) is 0.989. The van der Waals surface area contributed by atoms with Crippen LogP contribution in [0.2, 0.25) is 16.6 Å². The summed E-state index contributed by atoms with van der Waals surface area (Å²) in [5, 5.41) is 0. The van der Waals surface area contributed by atoms with Gasteiger partial charge in [-0.25, -0.2) is 4.98 Å². The van der Waals surface area contributed by atoms with E-state index in [9.17, 15) is 4.79 Å². The Bertz CT molecular complexity index is 983. The lowest BCUT2D eigenvalue weighted by molar-refractivity contribution is -0.125. The van der Waals surface area contributed by atoms with Gasteiger partial charge in [0.1, 0.15) is 12.4 Å². The van der Waals surface area contributed by atoms with Gasteiger partial charge in [0.25, 0.3) is 5.91 Å². The molecule has 1 aliphatic rings. The Labute approximate surface area is 204 Å². The second-order valence-corrected chi connectivity index (χ2v) is 15.7. The Kier molecular flexibility index (Phi) is 8.31. The molecule has 1 amide bonds. The SMILES string of the molecule is COc1cc2c(cc1N1CCOCC1=O)nc(N)n2[C@H](C)CCO[Si](C(C)C)(C(C)C)C(C)C. The molecule has 34 heavy (non-hydrogen) atoms. The predicted molar refractivity (Wildman–Crippen MR) is 140 cm³/mol. The van der Waals surface area contributed by atoms with Gasteiger partial charge in [-0.1, -0.05) is 41.5 Å². The van der Waals surface area contributed by atoms with E-state index in [1.807, 2.05) is 12.1 Å². The van der Waals surface area contributed by atoms with E-state index in [-0.39, 0.29) is 18.6 Å². The first-order chi connectivity index (χ1) is 16.0. The van der Waals surface area contributed by atoms with Gasteiger partial charge in [0, 0.05) is 25.3 Å². The first-order valence-corrected chi connectivity index (χ1v) is 14.6. The molecular weight excluding hydrogens is 448 g/mol. The molecule has 9 heteroatoms. The maximum atomic E-state index is 12.4. The van der Waals surface area contributed by atoms with Crippen molar-refractivity contribution in [1.82, 2.24) is 9.55 Å². The molecule has 190 valence electrons. The fourth-order valence-electron chi connectivity index (χ4n) is 5.78. The first kappa shape index (κ1) is 26.5. The van der Waals surface area contributed by atoms with Gasteiger partial charge in [-0.3, -0.25) is 4.79 Å². The monoisotopic (exact) mass is 490 g/mol. The van der Waals surface area contributed by atoms with Crippen molar-refractivity contribution >= 4 is 36.9 Å². The Morgan fingerprint density at radius 3 is 2.32 bits per heavy atom. The summed E-state index contributed by atoms with van der Waals surface area (Å²) in [6.45, 7) is 17.7. The average Bonchev–Trinajstić information content (AvgIpc) is 3.09. The number of carbonyl (C=O) groups is 1. The smallest absolute Gasteiger partial charge is 0.253 e. The van der Waals surface area contributed by atoms with Gasteiger partial charge in [0.2, 0.25) is 5.95 Å². The fourth-order valence-corrected chi connectivity index (χ4v) is 11.2. The molecule has 2 heterocycles. The van der Waals surface area contributed by atoms with Crippen LogP contribution in [0, 0.1) is 0 Å². The molecule has 2 aromatic rings. The number of nitrogen functional groups attached to an aromatic ring is 1. The van der Waals surface area contributed by atoms with E-state index in [2.05, 4.69) is 58.0 Å². The van der Waals surface area contributed by atoms with Crippen molar-refractivity contribution in [3.63, 3.8) is 0 Å². The van der Waals surface area contributed by atoms with E-state index >= 15 is 0 Å². The topological polar surface area (TPSA) is 91.8 Å². The van der Waals surface area contributed by atoms with Gasteiger partial charge in [0.15, 0.2) is 8.32 Å². The highest BCUT2D eigenvalue weighted by molar-refractivity contribution is 6.77. The number of anilines is 2. The molecule has 0 spiro atoms. The van der Waals surface area contributed by atoms with E-state index in [1.165, 1.54) is 0 Å². The van der Waals surface area contributed by atoms with Crippen molar-refractivity contribution in [1.29, 1.82) is 0 Å². The molecule has 1 atom stereocenters. The van der Waals surface area contributed by atoms with Crippen LogP contribution in [0.5, 0.6) is 5.75 Å². The number of imidazole rings is 1. The van der Waals surface area contributed by atoms with Crippen LogP contribution in [0.4, 0.5) is 11.6 Å². The van der Waals surface area contributed by atoms with Crippen LogP contribution >= 0.6 is 0 Å². The van der Waals surface area contributed by atoms with Crippen LogP contribution in [0.3, 0.4) is 0 Å². The van der Waals surface area contributed by atoms with E-state index < -0.39 is 8.32 Å². The van der Waals surface area contributed by atoms with Gasteiger partial charge in [-0.2, -0.15) is 0 Å². The Morgan fingerprint density at radius 2 is 1.76 bits per heavy atom. The Morgan fingerprint density at radius 1 is 1.12 bits per heavy atom. The second kappa shape index (κ2) is 10.7. The molecule has 8 nitrogen and oxygen atoms in total. The number of carbonyl (C=O) groups excluding carboxylic acids is 1. The van der Waals surface area contributed by atoms with Crippen molar-refractivity contribution in [2.75, 3.05) is 44.1 Å². The average molecular weight is 491 g/mol. The molecule has 3 rings (SSSR count). The maximum Gasteiger partial charge on any atom is 0.253 e. The van der Waals surface area contributed by atoms with Gasteiger partial charge in [0.05, 0.1) is 30.4 Å². The van der Waals surface area contributed by atoms with Crippen molar-refractivity contribution < 1.29 is 18.7 Å². The van der Waals surface area contributed by atoms with Gasteiger partial charge >= 0.3 is 0 Å². The molecule has 1 saturated heterocycles. The molecule has 1 aliphatic heterocycles. The third-order valence-electron chi connectivity index (χ3n) is 7.33. The van der Waals surface area contributed by atoms with Crippen molar-refractivity contribution in [2.24, 2.45) is 0 Å². The third kappa shape index (κ3) is 4.83. The van der Waals surface area contributed by atoms with Crippen molar-refractivity contribution in [3.05, 3.63) is 12.1 Å². The molecule has 0 aliphatic carbocycles. The van der Waals surface area contributed by atoms with Crippen LogP contribution in [0.25, 0.3) is 11.0 Å². The number of methoxy groups -OCH3 is 1. The zero-order valence-corrected chi connectivity index (χ0v) is 23.1. The lowest BCUT2D eigenvalue weighted by Gasteiger charge is -2.42. The summed E-state index contributed by atoms with van der Waals surface area (Å²) in [5.41, 5.74) is 10.4. The highest BCUT2D eigenvalue weighted by atomic mass is 28.4. The van der Waals surface area contributed by atoms with E-state index in [0.29, 0.717) is 53.8 Å². The number of aromatic nitrogens is 2. The Hall–Kier alpha value is -2.10. The molecule has 1 aromatic carbocycles. The molecule has 0 bridgehead atoms. The number of hydrogen-bond donors (Lipinski definition) is 1. The number of ether oxygens (including phenoxy) is 2. The minimum Gasteiger partial charge on any atom is -0.494 e. The number of amides is 1. The number of benzene rings is 1. The van der Waals surface area contributed by atoms with E-state index in [1.54, 1.807) is 12.0 Å². The number of fused-ring (bicyclic) bond motifs is 1. The van der Waals surface area contributed by atoms with Crippen LogP contribution in [0.15, 0.2) is 12.1 Å². The fraction of sp³-hybridized carbons (Fsp3) is 0.680. The highest BCUT2D eigenvalue weighted by Gasteiger charge is 2.44. The summed E-state index contributed by atoms with van der Waals surface area (Å²) < 4.78 is 19.8. The molecule has 1 aromatic heterocycles. The summed E-state index contributed by atoms with van der Waals surface area (Å²) in [7, 11) is -0.302. The van der Waals surface area contributed by atoms with Crippen LogP contribution in [0.1, 0.15) is 60.9 Å². The van der Waals surface area contributed by atoms with Crippen LogP contribution in [-0.4, -0.2) is 57.3 Å². The van der Waals surface area contributed by atoms with Gasteiger partial charge < -0.3 is 29.1 Å². The standard InChI is InChI=1S/C25H42N4O4Si/c1-16(2)34(17(3)4,18(5)6)33-11-9-19(7)29-21-14-23(31-8)22(13-20(21)27-25(29)26)28-10-12-32-15-24(28)30/h13-14,16-19H,9-12,15H2,1-8H3,(H2,26,27)/t19-/m1/s1. The number of hydrogen-bond acceptors (Lipinski definition) is 6. The third-order valence-corrected chi connectivity index (χ3v) is 13.4. The molecule has 1 fully saturated rings. The minimum atomic E-state index is -1.92. The van der Waals surface area contributed by atoms with Crippen molar-refractivity contribution in [2.45, 2.75) is 77.6 Å². The lowest BCUT2D eigenvalue weighted by Crippen LogP contribution is -2.48. The van der Waals surface area contributed by atoms with Gasteiger partial charge in [-0.15, -0.1) is 0 Å². The second-order valence-electron chi connectivity index (χ2n) is 10.3. The number of nitrogens with zero attached hydrogens (tertiary/aromatic N) is 3. The van der Waals surface area contributed by atoms with Crippen LogP contribution < -0.4 is 15.4 Å². The molecule has 2 N–H and O–H groups in total. The first-order valence-electron chi connectivity index (χ1n) is 12.4. The van der Waals surface area contributed by atoms with E-state index in [0.717, 1.165) is 17.5 Å². The molecule has 0 radical (unpaired) electrons. The van der Waals surface area contributed by atoms with Crippen molar-refractivity contribution in [3.8, 4) is 5.75 Å². The Balaban J connectivity index is 1.86. The van der Waals surface area contributed by atoms with Crippen LogP contribution in [-0.2, 0) is 14.0 Å². The zero-order chi connectivity index (χ0) is 25.2. The van der Waals surface area contributed by atoms with Gasteiger partial charge in [-0.05, 0) is 36.0 Å². The minimum absolute atomic E-state index is 0.0722. The normalized spacial score (nSPS) is 16.3. The summed E-state index contributed by atoms with van der Waals surface area (Å²) in [6.07, 6.45) is 0.836. The van der Waals surface area contributed by atoms with E-state index in [4.69, 9.17) is 19.6 Å². The molecule has 0 unspecified atom stereocenters. The molecule has 0 saturated carbocycles. The number of rotatable bonds is 10. The lowest BCUT2D eigenvalue weighted by atomic mass is 10.2. The summed E-state index contributed by atoms with van der Waals surface area (Å²) in [6, 6.07) is 3.93. The number of nitrogens with two attached hydrogens (primary N) is 1. The number of morpholine rings is 1. The summed E-state index contributed by atoms with van der Waals surface area (Å²) >= 11 is 0. The quantitative estimate of drug-likeness (QED) is 0.464. The zero-order valence-electron chi connectivity index (χ0n) is 22.1. The predicted octanol–water partition coefficient (Wildman–Crippen LogP) is 5.13. The largest absolute Gasteiger partial charge is 0.494 e.